The number of hydrogen-bond acceptors (Lipinski definition) is 2. The molecule has 0 aromatic heterocycles. The van der Waals surface area contributed by atoms with E-state index in [9.17, 15) is 4.79 Å². The van der Waals surface area contributed by atoms with E-state index < -0.39 is 0 Å². The molecule has 2 nitrogen and oxygen atoms in total. The number of hydrogen-bond donors (Lipinski definition) is 0. The first-order valence-electron chi connectivity index (χ1n) is 11.5. The largest absolute Gasteiger partial charge is 0.465 e. The van der Waals surface area contributed by atoms with Crippen LogP contribution in [0.4, 0.5) is 0 Å². The summed E-state index contributed by atoms with van der Waals surface area (Å²) < 4.78 is 5.14. The molecule has 0 amide bonds. The van der Waals surface area contributed by atoms with Crippen LogP contribution in [-0.2, 0) is 11.2 Å². The molecule has 5 aromatic rings. The molecule has 0 saturated carbocycles. The smallest absolute Gasteiger partial charge is 0.338 e. The van der Waals surface area contributed by atoms with Crippen LogP contribution in [0.25, 0.3) is 44.8 Å². The van der Waals surface area contributed by atoms with E-state index in [-0.39, 0.29) is 5.97 Å². The summed E-state index contributed by atoms with van der Waals surface area (Å²) in [6.07, 6.45) is 10.3. The second-order valence-electron chi connectivity index (χ2n) is 8.40. The quantitative estimate of drug-likeness (QED) is 0.251. The first-order chi connectivity index (χ1) is 17.2. The minimum Gasteiger partial charge on any atom is -0.465 e. The van der Waals surface area contributed by atoms with Crippen molar-refractivity contribution in [2.24, 2.45) is 0 Å². The molecule has 0 aliphatic rings. The normalized spacial score (nSPS) is 12.1. The van der Waals surface area contributed by atoms with E-state index in [2.05, 4.69) is 66.6 Å². The van der Waals surface area contributed by atoms with E-state index in [4.69, 9.17) is 11.2 Å². The van der Waals surface area contributed by atoms with Crippen molar-refractivity contribution in [1.82, 2.24) is 0 Å². The number of ether oxygens (including phenoxy) is 1. The van der Waals surface area contributed by atoms with Crippen LogP contribution in [0.15, 0.2) is 97.1 Å². The minimum atomic E-state index is -0.339. The fourth-order valence-corrected chi connectivity index (χ4v) is 4.67. The standard InChI is InChI=1S/C33H24O2/c1-3-10-23-11-4-5-12-24(23)19-20-25-15-8-17-29-28(25)16-9-18-30(29)31-21-26-13-6-7-14-27(26)22-32(31)33(34)35-2/h1,4-19,21-22H,20H2,2H3/b23-10-,24-19-. The number of fused-ring (bicyclic) bond motifs is 2. The lowest BCUT2D eigenvalue weighted by atomic mass is 9.90. The van der Waals surface area contributed by atoms with E-state index in [0.29, 0.717) is 5.56 Å². The summed E-state index contributed by atoms with van der Waals surface area (Å²) >= 11 is 0. The van der Waals surface area contributed by atoms with Crippen LogP contribution in [0.5, 0.6) is 0 Å². The predicted octanol–water partition coefficient (Wildman–Crippen LogP) is 5.88. The maximum absolute atomic E-state index is 12.8. The van der Waals surface area contributed by atoms with Crippen molar-refractivity contribution in [3.8, 4) is 23.5 Å². The van der Waals surface area contributed by atoms with Gasteiger partial charge in [-0.1, -0.05) is 96.9 Å². The Morgan fingerprint density at radius 1 is 0.800 bits per heavy atom. The average Bonchev–Trinajstić information content (AvgIpc) is 2.91. The Bertz CT molecular complexity index is 1740. The topological polar surface area (TPSA) is 26.3 Å². The zero-order valence-corrected chi connectivity index (χ0v) is 19.5. The van der Waals surface area contributed by atoms with Crippen molar-refractivity contribution < 1.29 is 9.53 Å². The van der Waals surface area contributed by atoms with E-state index in [1.807, 2.05) is 42.5 Å². The lowest BCUT2D eigenvalue weighted by molar-refractivity contribution is 0.0602. The zero-order valence-electron chi connectivity index (χ0n) is 19.5. The molecule has 0 saturated heterocycles. The van der Waals surface area contributed by atoms with Crippen molar-refractivity contribution in [3.63, 3.8) is 0 Å². The molecule has 0 fully saturated rings. The Morgan fingerprint density at radius 3 is 2.26 bits per heavy atom. The maximum Gasteiger partial charge on any atom is 0.338 e. The maximum atomic E-state index is 12.8. The molecular weight excluding hydrogens is 428 g/mol. The van der Waals surface area contributed by atoms with Gasteiger partial charge in [0.25, 0.3) is 0 Å². The van der Waals surface area contributed by atoms with E-state index in [1.54, 1.807) is 6.08 Å². The van der Waals surface area contributed by atoms with Gasteiger partial charge in [-0.2, -0.15) is 0 Å². The average molecular weight is 453 g/mol. The second kappa shape index (κ2) is 9.71. The van der Waals surface area contributed by atoms with Gasteiger partial charge >= 0.3 is 5.97 Å². The lowest BCUT2D eigenvalue weighted by Gasteiger charge is -2.14. The molecule has 168 valence electrons. The molecule has 0 radical (unpaired) electrons. The van der Waals surface area contributed by atoms with Crippen LogP contribution in [0, 0.1) is 12.3 Å². The third-order valence-electron chi connectivity index (χ3n) is 6.37. The first-order valence-corrected chi connectivity index (χ1v) is 11.5. The Morgan fingerprint density at radius 2 is 1.49 bits per heavy atom. The van der Waals surface area contributed by atoms with Crippen molar-refractivity contribution in [1.29, 1.82) is 0 Å². The first kappa shape index (κ1) is 22.2. The summed E-state index contributed by atoms with van der Waals surface area (Å²) in [6, 6.07) is 32.8. The highest BCUT2D eigenvalue weighted by Gasteiger charge is 2.17. The number of methoxy groups -OCH3 is 1. The summed E-state index contributed by atoms with van der Waals surface area (Å²) in [6.45, 7) is 0. The van der Waals surface area contributed by atoms with Gasteiger partial charge in [-0.25, -0.2) is 4.79 Å². The van der Waals surface area contributed by atoms with Crippen molar-refractivity contribution in [2.45, 2.75) is 6.42 Å². The summed E-state index contributed by atoms with van der Waals surface area (Å²) in [5, 5.41) is 6.49. The van der Waals surface area contributed by atoms with Gasteiger partial charge in [0.2, 0.25) is 0 Å². The highest BCUT2D eigenvalue weighted by atomic mass is 16.5. The predicted molar refractivity (Wildman–Crippen MR) is 145 cm³/mol. The molecule has 0 bridgehead atoms. The van der Waals surface area contributed by atoms with Gasteiger partial charge in [-0.3, -0.25) is 0 Å². The number of benzene rings is 5. The van der Waals surface area contributed by atoms with Gasteiger partial charge in [0.15, 0.2) is 0 Å². The van der Waals surface area contributed by atoms with Gasteiger partial charge in [-0.15, -0.1) is 6.42 Å². The molecule has 0 aliphatic carbocycles. The minimum absolute atomic E-state index is 0.339. The number of rotatable bonds is 4. The Hall–Kier alpha value is -4.61. The van der Waals surface area contributed by atoms with Crippen LogP contribution in [-0.4, -0.2) is 13.1 Å². The molecule has 0 aliphatic heterocycles. The number of carbonyl (C=O) groups is 1. The summed E-state index contributed by atoms with van der Waals surface area (Å²) in [4.78, 5) is 12.8. The molecule has 35 heavy (non-hydrogen) atoms. The third-order valence-corrected chi connectivity index (χ3v) is 6.37. The number of carbonyl (C=O) groups excluding carboxylic acids is 1. The lowest BCUT2D eigenvalue weighted by Crippen LogP contribution is -2.23. The summed E-state index contributed by atoms with van der Waals surface area (Å²) in [7, 11) is 1.42. The Kier molecular flexibility index (Phi) is 6.16. The highest BCUT2D eigenvalue weighted by Crippen LogP contribution is 2.35. The molecule has 0 atom stereocenters. The number of terminal acetylenes is 1. The van der Waals surface area contributed by atoms with Crippen molar-refractivity contribution in [3.05, 3.63) is 119 Å². The molecule has 2 heteroatoms. The molecular formula is C33H24O2. The fraction of sp³-hybridized carbons (Fsp3) is 0.0606. The van der Waals surface area contributed by atoms with Crippen LogP contribution in [0.2, 0.25) is 0 Å². The van der Waals surface area contributed by atoms with Gasteiger partial charge in [0.1, 0.15) is 0 Å². The van der Waals surface area contributed by atoms with Crippen molar-refractivity contribution in [2.75, 3.05) is 7.11 Å². The molecule has 0 spiro atoms. The monoisotopic (exact) mass is 452 g/mol. The van der Waals surface area contributed by atoms with Gasteiger partial charge in [0.05, 0.1) is 12.7 Å². The van der Waals surface area contributed by atoms with Crippen LogP contribution < -0.4 is 10.4 Å². The van der Waals surface area contributed by atoms with Gasteiger partial charge in [0, 0.05) is 0 Å². The molecule has 0 unspecified atom stereocenters. The molecule has 0 N–H and O–H groups in total. The molecule has 5 rings (SSSR count). The summed E-state index contributed by atoms with van der Waals surface area (Å²) in [5.74, 6) is 2.29. The Labute approximate surface area is 204 Å². The Balaban J connectivity index is 1.69. The van der Waals surface area contributed by atoms with Crippen LogP contribution in [0.1, 0.15) is 15.9 Å². The SMILES string of the molecule is C#C/C=c1/cccc/c1=C/Cc1cccc2c(-c3cc4ccccc4cc3C(=O)OC)cccc12. The van der Waals surface area contributed by atoms with E-state index in [1.165, 1.54) is 12.7 Å². The van der Waals surface area contributed by atoms with Crippen LogP contribution in [0.3, 0.4) is 0 Å². The van der Waals surface area contributed by atoms with E-state index in [0.717, 1.165) is 49.5 Å². The zero-order chi connectivity index (χ0) is 24.2. The van der Waals surface area contributed by atoms with E-state index >= 15 is 0 Å². The summed E-state index contributed by atoms with van der Waals surface area (Å²) in [5.41, 5.74) is 3.66. The van der Waals surface area contributed by atoms with Gasteiger partial charge in [-0.05, 0) is 73.3 Å². The molecule has 0 heterocycles. The van der Waals surface area contributed by atoms with Gasteiger partial charge < -0.3 is 4.74 Å². The second-order valence-corrected chi connectivity index (χ2v) is 8.40. The number of esters is 1. The third kappa shape index (κ3) is 4.33. The van der Waals surface area contributed by atoms with Crippen molar-refractivity contribution >= 4 is 39.7 Å². The highest BCUT2D eigenvalue weighted by molar-refractivity contribution is 6.08. The van der Waals surface area contributed by atoms with Crippen LogP contribution >= 0.6 is 0 Å². The molecule has 5 aromatic carbocycles. The fourth-order valence-electron chi connectivity index (χ4n) is 4.67.